The number of esters is 1. The Morgan fingerprint density at radius 2 is 2.03 bits per heavy atom. The molecule has 0 atom stereocenters. The molecule has 1 amide bonds. The van der Waals surface area contributed by atoms with E-state index in [1.165, 1.54) is 24.5 Å². The fraction of sp³-hybridized carbons (Fsp3) is 0.217. The summed E-state index contributed by atoms with van der Waals surface area (Å²) in [6, 6.07) is 11.5. The molecule has 0 saturated carbocycles. The van der Waals surface area contributed by atoms with Gasteiger partial charge in [0.05, 0.1) is 24.6 Å². The molecule has 1 aliphatic rings. The summed E-state index contributed by atoms with van der Waals surface area (Å²) in [6.45, 7) is 0. The van der Waals surface area contributed by atoms with Crippen molar-refractivity contribution in [2.45, 2.75) is 25.7 Å². The number of nitrogens with one attached hydrogen (secondary N) is 2. The third-order valence-corrected chi connectivity index (χ3v) is 6.39. The van der Waals surface area contributed by atoms with Gasteiger partial charge in [0.2, 0.25) is 0 Å². The van der Waals surface area contributed by atoms with Gasteiger partial charge in [-0.25, -0.2) is 4.79 Å². The van der Waals surface area contributed by atoms with Crippen LogP contribution in [0.25, 0.3) is 17.3 Å². The van der Waals surface area contributed by atoms with Gasteiger partial charge in [-0.15, -0.1) is 11.3 Å². The largest absolute Gasteiger partial charge is 0.465 e. The number of anilines is 1. The predicted molar refractivity (Wildman–Crippen MR) is 119 cm³/mol. The van der Waals surface area contributed by atoms with Gasteiger partial charge in [-0.1, -0.05) is 30.3 Å². The van der Waals surface area contributed by atoms with Crippen molar-refractivity contribution in [2.24, 2.45) is 0 Å². The Balaban J connectivity index is 1.65. The van der Waals surface area contributed by atoms with Crippen LogP contribution in [0.4, 0.5) is 5.00 Å². The summed E-state index contributed by atoms with van der Waals surface area (Å²) in [7, 11) is 1.32. The van der Waals surface area contributed by atoms with Crippen LogP contribution in [-0.2, 0) is 22.4 Å². The van der Waals surface area contributed by atoms with Gasteiger partial charge in [0, 0.05) is 16.0 Å². The Morgan fingerprint density at radius 1 is 1.26 bits per heavy atom. The molecule has 2 N–H and O–H groups in total. The minimum absolute atomic E-state index is 0.0826. The van der Waals surface area contributed by atoms with E-state index >= 15 is 0 Å². The van der Waals surface area contributed by atoms with Crippen molar-refractivity contribution in [1.29, 1.82) is 5.26 Å². The summed E-state index contributed by atoms with van der Waals surface area (Å²) in [5.74, 6) is -1.05. The molecule has 8 heteroatoms. The Hall–Kier alpha value is -3.70. The zero-order chi connectivity index (χ0) is 21.8. The monoisotopic (exact) mass is 432 g/mol. The van der Waals surface area contributed by atoms with E-state index in [9.17, 15) is 14.9 Å². The van der Waals surface area contributed by atoms with Crippen LogP contribution in [0.15, 0.2) is 42.1 Å². The lowest BCUT2D eigenvalue weighted by Gasteiger charge is -2.11. The molecule has 4 rings (SSSR count). The van der Waals surface area contributed by atoms with Gasteiger partial charge in [0.1, 0.15) is 16.6 Å². The van der Waals surface area contributed by atoms with E-state index in [0.717, 1.165) is 41.7 Å². The number of aromatic amines is 1. The average Bonchev–Trinajstić information content (AvgIpc) is 3.41. The van der Waals surface area contributed by atoms with Crippen LogP contribution in [0.3, 0.4) is 0 Å². The molecule has 31 heavy (non-hydrogen) atoms. The molecule has 7 nitrogen and oxygen atoms in total. The number of rotatable bonds is 5. The molecule has 2 aromatic heterocycles. The average molecular weight is 433 g/mol. The lowest BCUT2D eigenvalue weighted by molar-refractivity contribution is -0.112. The third-order valence-electron chi connectivity index (χ3n) is 5.18. The smallest absolute Gasteiger partial charge is 0.341 e. The normalized spacial score (nSPS) is 13.2. The molecule has 0 spiro atoms. The number of H-pyrrole nitrogens is 1. The fourth-order valence-electron chi connectivity index (χ4n) is 3.69. The highest BCUT2D eigenvalue weighted by Crippen LogP contribution is 2.38. The standard InChI is InChI=1S/C23H20N4O3S/c1-30-23(29)19-17-9-5-6-10-18(17)31-22(19)26-21(28)15(12-24)11-16-13-25-27-20(16)14-7-3-2-4-8-14/h2-4,7-8,11,13H,5-6,9-10H2,1H3,(H,25,27)(H,26,28). The summed E-state index contributed by atoms with van der Waals surface area (Å²) in [5.41, 5.74) is 3.49. The topological polar surface area (TPSA) is 108 Å². The second-order valence-electron chi connectivity index (χ2n) is 7.10. The van der Waals surface area contributed by atoms with Crippen molar-refractivity contribution < 1.29 is 14.3 Å². The van der Waals surface area contributed by atoms with Crippen LogP contribution < -0.4 is 5.32 Å². The molecule has 2 heterocycles. The van der Waals surface area contributed by atoms with Gasteiger partial charge in [0.15, 0.2) is 0 Å². The summed E-state index contributed by atoms with van der Waals surface area (Å²) in [5, 5.41) is 19.8. The van der Waals surface area contributed by atoms with Crippen LogP contribution in [0, 0.1) is 11.3 Å². The molecule has 156 valence electrons. The van der Waals surface area contributed by atoms with Crippen molar-refractivity contribution in [1.82, 2.24) is 10.2 Å². The highest BCUT2D eigenvalue weighted by Gasteiger charge is 2.27. The number of fused-ring (bicyclic) bond motifs is 1. The number of hydrogen-bond acceptors (Lipinski definition) is 6. The summed E-state index contributed by atoms with van der Waals surface area (Å²) >= 11 is 1.38. The van der Waals surface area contributed by atoms with Crippen molar-refractivity contribution in [3.8, 4) is 17.3 Å². The number of methoxy groups -OCH3 is 1. The Bertz CT molecular complexity index is 1200. The molecule has 3 aromatic rings. The van der Waals surface area contributed by atoms with E-state index in [4.69, 9.17) is 4.74 Å². The number of carbonyl (C=O) groups excluding carboxylic acids is 2. The van der Waals surface area contributed by atoms with Gasteiger partial charge in [-0.2, -0.15) is 10.4 Å². The number of benzene rings is 1. The summed E-state index contributed by atoms with van der Waals surface area (Å²) in [4.78, 5) is 26.4. The minimum atomic E-state index is -0.577. The lowest BCUT2D eigenvalue weighted by atomic mass is 9.95. The van der Waals surface area contributed by atoms with Gasteiger partial charge < -0.3 is 10.1 Å². The zero-order valence-corrected chi connectivity index (χ0v) is 17.7. The molecule has 0 aliphatic heterocycles. The number of carbonyl (C=O) groups is 2. The highest BCUT2D eigenvalue weighted by molar-refractivity contribution is 7.17. The number of ether oxygens (including phenoxy) is 1. The number of aryl methyl sites for hydroxylation is 1. The zero-order valence-electron chi connectivity index (χ0n) is 16.9. The number of nitriles is 1. The van der Waals surface area contributed by atoms with Gasteiger partial charge in [-0.05, 0) is 37.3 Å². The van der Waals surface area contributed by atoms with Crippen molar-refractivity contribution in [2.75, 3.05) is 12.4 Å². The van der Waals surface area contributed by atoms with E-state index in [0.29, 0.717) is 21.8 Å². The number of hydrogen-bond donors (Lipinski definition) is 2. The van der Waals surface area contributed by atoms with E-state index in [2.05, 4.69) is 15.5 Å². The first-order chi connectivity index (χ1) is 15.1. The maximum absolute atomic E-state index is 12.9. The Morgan fingerprint density at radius 3 is 2.77 bits per heavy atom. The van der Waals surface area contributed by atoms with E-state index in [1.807, 2.05) is 36.4 Å². The summed E-state index contributed by atoms with van der Waals surface area (Å²) < 4.78 is 4.94. The highest BCUT2D eigenvalue weighted by atomic mass is 32.1. The van der Waals surface area contributed by atoms with Crippen LogP contribution in [0.5, 0.6) is 0 Å². The molecular formula is C23H20N4O3S. The molecule has 1 aromatic carbocycles. The first kappa shape index (κ1) is 20.6. The number of nitrogens with zero attached hydrogens (tertiary/aromatic N) is 2. The fourth-order valence-corrected chi connectivity index (χ4v) is 4.96. The van der Waals surface area contributed by atoms with Crippen LogP contribution in [0.2, 0.25) is 0 Å². The molecule has 0 fully saturated rings. The first-order valence-corrected chi connectivity index (χ1v) is 10.7. The lowest BCUT2D eigenvalue weighted by Crippen LogP contribution is -2.16. The van der Waals surface area contributed by atoms with Gasteiger partial charge in [0.25, 0.3) is 5.91 Å². The predicted octanol–water partition coefficient (Wildman–Crippen LogP) is 4.35. The number of thiophene rings is 1. The van der Waals surface area contributed by atoms with Crippen LogP contribution in [0.1, 0.15) is 39.2 Å². The van der Waals surface area contributed by atoms with E-state index < -0.39 is 11.9 Å². The van der Waals surface area contributed by atoms with E-state index in [1.54, 1.807) is 6.20 Å². The van der Waals surface area contributed by atoms with Gasteiger partial charge in [-0.3, -0.25) is 9.89 Å². The van der Waals surface area contributed by atoms with Crippen molar-refractivity contribution >= 4 is 34.3 Å². The van der Waals surface area contributed by atoms with Crippen molar-refractivity contribution in [3.63, 3.8) is 0 Å². The first-order valence-electron chi connectivity index (χ1n) is 9.87. The Labute approximate surface area is 183 Å². The minimum Gasteiger partial charge on any atom is -0.465 e. The second kappa shape index (κ2) is 8.98. The maximum Gasteiger partial charge on any atom is 0.341 e. The van der Waals surface area contributed by atoms with Crippen molar-refractivity contribution in [3.05, 3.63) is 63.7 Å². The van der Waals surface area contributed by atoms with Crippen LogP contribution >= 0.6 is 11.3 Å². The quantitative estimate of drug-likeness (QED) is 0.354. The summed E-state index contributed by atoms with van der Waals surface area (Å²) in [6.07, 6.45) is 6.75. The molecule has 0 saturated heterocycles. The third kappa shape index (κ3) is 4.13. The van der Waals surface area contributed by atoms with Crippen LogP contribution in [-0.4, -0.2) is 29.2 Å². The van der Waals surface area contributed by atoms with E-state index in [-0.39, 0.29) is 5.57 Å². The van der Waals surface area contributed by atoms with Gasteiger partial charge >= 0.3 is 5.97 Å². The second-order valence-corrected chi connectivity index (χ2v) is 8.20. The molecule has 0 unspecified atom stereocenters. The molecule has 1 aliphatic carbocycles. The molecule has 0 radical (unpaired) electrons. The molecular weight excluding hydrogens is 412 g/mol. The maximum atomic E-state index is 12.9. The number of aromatic nitrogens is 2. The molecule has 0 bridgehead atoms. The Kier molecular flexibility index (Phi) is 5.96. The number of amides is 1. The SMILES string of the molecule is COC(=O)c1c(NC(=O)C(C#N)=Cc2cn[nH]c2-c2ccccc2)sc2c1CCCC2.